The van der Waals surface area contributed by atoms with Crippen molar-refractivity contribution in [1.29, 1.82) is 0 Å². The molecule has 1 heterocycles. The Bertz CT molecular complexity index is 347. The van der Waals surface area contributed by atoms with Crippen LogP contribution in [-0.4, -0.2) is 31.1 Å². The van der Waals surface area contributed by atoms with Crippen LogP contribution in [0.25, 0.3) is 0 Å². The van der Waals surface area contributed by atoms with Crippen molar-refractivity contribution in [3.63, 3.8) is 0 Å². The second-order valence-electron chi connectivity index (χ2n) is 5.90. The Labute approximate surface area is 111 Å². The Kier molecular flexibility index (Phi) is 4.79. The number of hydrogen-bond donors (Lipinski definition) is 1. The first kappa shape index (κ1) is 13.6. The van der Waals surface area contributed by atoms with Crippen molar-refractivity contribution in [3.8, 4) is 0 Å². The zero-order valence-corrected chi connectivity index (χ0v) is 11.9. The molecule has 1 aromatic rings. The van der Waals surface area contributed by atoms with E-state index in [0.29, 0.717) is 6.04 Å². The fraction of sp³-hybridized carbons (Fsp3) is 0.625. The highest BCUT2D eigenvalue weighted by molar-refractivity contribution is 5.19. The summed E-state index contributed by atoms with van der Waals surface area (Å²) in [6, 6.07) is 11.3. The maximum absolute atomic E-state index is 3.63. The molecule has 1 saturated heterocycles. The molecule has 0 amide bonds. The van der Waals surface area contributed by atoms with Crippen LogP contribution in [0.15, 0.2) is 30.3 Å². The van der Waals surface area contributed by atoms with Crippen molar-refractivity contribution in [2.45, 2.75) is 26.8 Å². The Morgan fingerprint density at radius 2 is 1.94 bits per heavy atom. The molecule has 1 fully saturated rings. The Morgan fingerprint density at radius 1 is 1.22 bits per heavy atom. The van der Waals surface area contributed by atoms with Gasteiger partial charge in [-0.1, -0.05) is 51.1 Å². The summed E-state index contributed by atoms with van der Waals surface area (Å²) >= 11 is 0. The number of hydrogen-bond acceptors (Lipinski definition) is 2. The van der Waals surface area contributed by atoms with Crippen molar-refractivity contribution in [2.24, 2.45) is 11.8 Å². The van der Waals surface area contributed by atoms with E-state index in [0.717, 1.165) is 24.9 Å². The van der Waals surface area contributed by atoms with E-state index in [1.54, 1.807) is 0 Å². The largest absolute Gasteiger partial charge is 0.308 e. The number of rotatable bonds is 4. The molecular weight excluding hydrogens is 220 g/mol. The van der Waals surface area contributed by atoms with Crippen LogP contribution in [0.1, 0.15) is 32.4 Å². The minimum Gasteiger partial charge on any atom is -0.308 e. The average Bonchev–Trinajstić information content (AvgIpc) is 2.40. The summed E-state index contributed by atoms with van der Waals surface area (Å²) in [7, 11) is 0. The lowest BCUT2D eigenvalue weighted by atomic mass is 9.96. The summed E-state index contributed by atoms with van der Waals surface area (Å²) < 4.78 is 0. The van der Waals surface area contributed by atoms with E-state index in [9.17, 15) is 0 Å². The van der Waals surface area contributed by atoms with Gasteiger partial charge in [-0.25, -0.2) is 0 Å². The predicted molar refractivity (Wildman–Crippen MR) is 77.6 cm³/mol. The number of nitrogens with one attached hydrogen (secondary N) is 1. The van der Waals surface area contributed by atoms with Crippen molar-refractivity contribution in [3.05, 3.63) is 35.9 Å². The SMILES string of the molecule is CC(C)C(C)CN1CCNC(c2ccccc2)C1. The van der Waals surface area contributed by atoms with Gasteiger partial charge in [0.15, 0.2) is 0 Å². The van der Waals surface area contributed by atoms with Gasteiger partial charge in [-0.05, 0) is 17.4 Å². The molecule has 2 nitrogen and oxygen atoms in total. The summed E-state index contributed by atoms with van der Waals surface area (Å²) in [6.45, 7) is 11.7. The van der Waals surface area contributed by atoms with E-state index >= 15 is 0 Å². The van der Waals surface area contributed by atoms with Gasteiger partial charge in [-0.2, -0.15) is 0 Å². The van der Waals surface area contributed by atoms with Crippen LogP contribution in [0.3, 0.4) is 0 Å². The first-order chi connectivity index (χ1) is 8.66. The van der Waals surface area contributed by atoms with Gasteiger partial charge in [0.25, 0.3) is 0 Å². The molecule has 1 aliphatic rings. The van der Waals surface area contributed by atoms with Crippen LogP contribution in [0, 0.1) is 11.8 Å². The molecule has 2 heteroatoms. The van der Waals surface area contributed by atoms with Gasteiger partial charge < -0.3 is 5.32 Å². The molecule has 0 saturated carbocycles. The van der Waals surface area contributed by atoms with Gasteiger partial charge in [0.2, 0.25) is 0 Å². The standard InChI is InChI=1S/C16H26N2/c1-13(2)14(3)11-18-10-9-17-16(12-18)15-7-5-4-6-8-15/h4-8,13-14,16-17H,9-12H2,1-3H3. The highest BCUT2D eigenvalue weighted by Crippen LogP contribution is 2.19. The average molecular weight is 246 g/mol. The maximum Gasteiger partial charge on any atom is 0.0449 e. The van der Waals surface area contributed by atoms with Crippen LogP contribution in [0.4, 0.5) is 0 Å². The Balaban J connectivity index is 1.93. The molecule has 0 aliphatic carbocycles. The third kappa shape index (κ3) is 3.56. The molecule has 0 radical (unpaired) electrons. The van der Waals surface area contributed by atoms with Crippen molar-refractivity contribution in [2.75, 3.05) is 26.2 Å². The Hall–Kier alpha value is -0.860. The zero-order chi connectivity index (χ0) is 13.0. The first-order valence-electron chi connectivity index (χ1n) is 7.17. The third-order valence-corrected chi connectivity index (χ3v) is 4.15. The second-order valence-corrected chi connectivity index (χ2v) is 5.90. The van der Waals surface area contributed by atoms with Crippen LogP contribution in [0.5, 0.6) is 0 Å². The number of piperazine rings is 1. The molecule has 2 atom stereocenters. The lowest BCUT2D eigenvalue weighted by Gasteiger charge is -2.36. The molecule has 0 spiro atoms. The normalized spacial score (nSPS) is 23.2. The first-order valence-corrected chi connectivity index (χ1v) is 7.17. The molecule has 0 bridgehead atoms. The van der Waals surface area contributed by atoms with Gasteiger partial charge in [0, 0.05) is 32.2 Å². The summed E-state index contributed by atoms with van der Waals surface area (Å²) in [5.41, 5.74) is 1.42. The van der Waals surface area contributed by atoms with Gasteiger partial charge in [0.1, 0.15) is 0 Å². The molecule has 2 unspecified atom stereocenters. The minimum absolute atomic E-state index is 0.499. The van der Waals surface area contributed by atoms with Crippen molar-refractivity contribution in [1.82, 2.24) is 10.2 Å². The van der Waals surface area contributed by atoms with Crippen LogP contribution >= 0.6 is 0 Å². The van der Waals surface area contributed by atoms with Crippen LogP contribution < -0.4 is 5.32 Å². The number of nitrogens with zero attached hydrogens (tertiary/aromatic N) is 1. The summed E-state index contributed by atoms with van der Waals surface area (Å²) in [6.07, 6.45) is 0. The van der Waals surface area contributed by atoms with Crippen molar-refractivity contribution < 1.29 is 0 Å². The zero-order valence-electron chi connectivity index (χ0n) is 11.9. The lowest BCUT2D eigenvalue weighted by molar-refractivity contribution is 0.162. The summed E-state index contributed by atoms with van der Waals surface area (Å²) in [5, 5.41) is 3.63. The molecule has 100 valence electrons. The van der Waals surface area contributed by atoms with Crippen molar-refractivity contribution >= 4 is 0 Å². The van der Waals surface area contributed by atoms with Crippen LogP contribution in [0.2, 0.25) is 0 Å². The molecule has 18 heavy (non-hydrogen) atoms. The van der Waals surface area contributed by atoms with E-state index in [1.807, 2.05) is 0 Å². The lowest BCUT2D eigenvalue weighted by Crippen LogP contribution is -2.47. The van der Waals surface area contributed by atoms with E-state index in [4.69, 9.17) is 0 Å². The van der Waals surface area contributed by atoms with Gasteiger partial charge in [-0.3, -0.25) is 4.90 Å². The monoisotopic (exact) mass is 246 g/mol. The predicted octanol–water partition coefficient (Wildman–Crippen LogP) is 2.93. The quantitative estimate of drug-likeness (QED) is 0.879. The van der Waals surface area contributed by atoms with Crippen LogP contribution in [-0.2, 0) is 0 Å². The molecular formula is C16H26N2. The van der Waals surface area contributed by atoms with Gasteiger partial charge in [-0.15, -0.1) is 0 Å². The Morgan fingerprint density at radius 3 is 2.61 bits per heavy atom. The van der Waals surface area contributed by atoms with E-state index < -0.39 is 0 Å². The fourth-order valence-corrected chi connectivity index (χ4v) is 2.50. The summed E-state index contributed by atoms with van der Waals surface area (Å²) in [5.74, 6) is 1.55. The minimum atomic E-state index is 0.499. The topological polar surface area (TPSA) is 15.3 Å². The van der Waals surface area contributed by atoms with Gasteiger partial charge in [0.05, 0.1) is 0 Å². The molecule has 2 rings (SSSR count). The van der Waals surface area contributed by atoms with E-state index in [2.05, 4.69) is 61.3 Å². The molecule has 0 aromatic heterocycles. The molecule has 1 aromatic carbocycles. The van der Waals surface area contributed by atoms with E-state index in [-0.39, 0.29) is 0 Å². The molecule has 1 aliphatic heterocycles. The van der Waals surface area contributed by atoms with E-state index in [1.165, 1.54) is 18.7 Å². The number of benzene rings is 1. The smallest absolute Gasteiger partial charge is 0.0449 e. The third-order valence-electron chi connectivity index (χ3n) is 4.15. The highest BCUT2D eigenvalue weighted by Gasteiger charge is 2.22. The molecule has 1 N–H and O–H groups in total. The maximum atomic E-state index is 3.63. The highest BCUT2D eigenvalue weighted by atomic mass is 15.2. The second kappa shape index (κ2) is 6.35. The fourth-order valence-electron chi connectivity index (χ4n) is 2.50. The summed E-state index contributed by atoms with van der Waals surface area (Å²) in [4.78, 5) is 2.61. The van der Waals surface area contributed by atoms with Gasteiger partial charge >= 0.3 is 0 Å².